The van der Waals surface area contributed by atoms with Crippen LogP contribution in [-0.4, -0.2) is 9.97 Å². The van der Waals surface area contributed by atoms with E-state index in [1.54, 1.807) is 0 Å². The highest BCUT2D eigenvalue weighted by Crippen LogP contribution is 2.42. The topological polar surface area (TPSA) is 38.9 Å². The van der Waals surface area contributed by atoms with Crippen molar-refractivity contribution in [3.63, 3.8) is 0 Å². The zero-order valence-corrected chi connectivity index (χ0v) is 28.6. The van der Waals surface area contributed by atoms with Gasteiger partial charge in [0, 0.05) is 32.8 Å². The Morgan fingerprint density at radius 1 is 0.358 bits per heavy atom. The maximum absolute atomic E-state index is 6.50. The highest BCUT2D eigenvalue weighted by atomic mass is 16.3. The van der Waals surface area contributed by atoms with Gasteiger partial charge in [-0.05, 0) is 73.1 Å². The predicted octanol–water partition coefficient (Wildman–Crippen LogP) is 13.7. The largest absolute Gasteiger partial charge is 0.455 e. The molecule has 0 N–H and O–H groups in total. The molecule has 0 unspecified atom stereocenters. The van der Waals surface area contributed by atoms with Crippen molar-refractivity contribution in [1.29, 1.82) is 0 Å². The Kier molecular flexibility index (Phi) is 6.55. The Labute approximate surface area is 305 Å². The third kappa shape index (κ3) is 4.75. The Morgan fingerprint density at radius 3 is 1.81 bits per heavy atom. The Bertz CT molecular complexity index is 3210. The molecule has 53 heavy (non-hydrogen) atoms. The van der Waals surface area contributed by atoms with E-state index in [0.29, 0.717) is 5.82 Å². The van der Waals surface area contributed by atoms with Crippen LogP contribution in [0.5, 0.6) is 0 Å². The predicted molar refractivity (Wildman–Crippen MR) is 221 cm³/mol. The minimum atomic E-state index is 0.700. The maximum atomic E-state index is 6.50. The monoisotopic (exact) mass is 674 g/mol. The molecule has 0 atom stereocenters. The molecule has 11 rings (SSSR count). The highest BCUT2D eigenvalue weighted by molar-refractivity contribution is 6.20. The van der Waals surface area contributed by atoms with Crippen molar-refractivity contribution in [2.45, 2.75) is 0 Å². The zero-order valence-electron chi connectivity index (χ0n) is 28.6. The third-order valence-electron chi connectivity index (χ3n) is 10.7. The number of hydrogen-bond acceptors (Lipinski definition) is 3. The van der Waals surface area contributed by atoms with Crippen LogP contribution in [0.15, 0.2) is 186 Å². The first kappa shape index (κ1) is 29.6. The SMILES string of the molecule is c1ccc(-c2nc(-c3ccc(-c4cccc5oc6c7ccccc7ccc6c45)cc3)cc(-c3c4ccccc4cc4c3ccc3ccccc34)n2)cc1. The van der Waals surface area contributed by atoms with E-state index in [4.69, 9.17) is 14.4 Å². The molecule has 3 heteroatoms. The second kappa shape index (κ2) is 11.7. The quantitative estimate of drug-likeness (QED) is 0.138. The van der Waals surface area contributed by atoms with Gasteiger partial charge in [-0.2, -0.15) is 0 Å². The van der Waals surface area contributed by atoms with Crippen LogP contribution in [0.3, 0.4) is 0 Å². The van der Waals surface area contributed by atoms with Crippen LogP contribution in [0.1, 0.15) is 0 Å². The van der Waals surface area contributed by atoms with Crippen LogP contribution in [0.25, 0.3) is 110 Å². The molecular formula is C50H30N2O. The van der Waals surface area contributed by atoms with Crippen molar-refractivity contribution in [3.8, 4) is 45.0 Å². The number of rotatable bonds is 4. The minimum Gasteiger partial charge on any atom is -0.455 e. The van der Waals surface area contributed by atoms with Crippen LogP contribution >= 0.6 is 0 Å². The van der Waals surface area contributed by atoms with Crippen molar-refractivity contribution in [1.82, 2.24) is 9.97 Å². The van der Waals surface area contributed by atoms with E-state index in [9.17, 15) is 0 Å². The fourth-order valence-corrected chi connectivity index (χ4v) is 8.15. The van der Waals surface area contributed by atoms with Gasteiger partial charge >= 0.3 is 0 Å². The van der Waals surface area contributed by atoms with Gasteiger partial charge in [0.25, 0.3) is 0 Å². The summed E-state index contributed by atoms with van der Waals surface area (Å²) in [5, 5.41) is 11.8. The first-order chi connectivity index (χ1) is 26.3. The normalized spacial score (nSPS) is 11.8. The first-order valence-corrected chi connectivity index (χ1v) is 18.0. The maximum Gasteiger partial charge on any atom is 0.160 e. The lowest BCUT2D eigenvalue weighted by atomic mass is 9.91. The summed E-state index contributed by atoms with van der Waals surface area (Å²) in [5.74, 6) is 0.700. The molecule has 246 valence electrons. The van der Waals surface area contributed by atoms with E-state index in [0.717, 1.165) is 66.5 Å². The van der Waals surface area contributed by atoms with Crippen molar-refractivity contribution in [3.05, 3.63) is 182 Å². The number of hydrogen-bond donors (Lipinski definition) is 0. The van der Waals surface area contributed by atoms with Gasteiger partial charge in [0.05, 0.1) is 11.4 Å². The number of benzene rings is 9. The van der Waals surface area contributed by atoms with E-state index in [-0.39, 0.29) is 0 Å². The molecule has 0 aliphatic carbocycles. The van der Waals surface area contributed by atoms with Gasteiger partial charge in [-0.15, -0.1) is 0 Å². The first-order valence-electron chi connectivity index (χ1n) is 18.0. The summed E-state index contributed by atoms with van der Waals surface area (Å²) in [7, 11) is 0. The smallest absolute Gasteiger partial charge is 0.160 e. The average Bonchev–Trinajstić information content (AvgIpc) is 3.63. The summed E-state index contributed by atoms with van der Waals surface area (Å²) in [4.78, 5) is 10.5. The third-order valence-corrected chi connectivity index (χ3v) is 10.7. The summed E-state index contributed by atoms with van der Waals surface area (Å²) < 4.78 is 6.50. The molecule has 0 saturated heterocycles. The molecule has 11 aromatic rings. The van der Waals surface area contributed by atoms with Crippen LogP contribution in [0.2, 0.25) is 0 Å². The highest BCUT2D eigenvalue weighted by Gasteiger charge is 2.18. The van der Waals surface area contributed by atoms with Crippen LogP contribution in [0, 0.1) is 0 Å². The molecule has 0 saturated carbocycles. The molecule has 9 aromatic carbocycles. The van der Waals surface area contributed by atoms with Crippen molar-refractivity contribution >= 4 is 65.0 Å². The molecule has 0 spiro atoms. The average molecular weight is 675 g/mol. The van der Waals surface area contributed by atoms with E-state index < -0.39 is 0 Å². The summed E-state index contributed by atoms with van der Waals surface area (Å²) >= 11 is 0. The van der Waals surface area contributed by atoms with Crippen molar-refractivity contribution in [2.75, 3.05) is 0 Å². The molecule has 0 radical (unpaired) electrons. The van der Waals surface area contributed by atoms with Gasteiger partial charge in [-0.3, -0.25) is 0 Å². The number of fused-ring (bicyclic) bond motifs is 9. The lowest BCUT2D eigenvalue weighted by Gasteiger charge is -2.15. The molecule has 0 bridgehead atoms. The Balaban J connectivity index is 1.11. The van der Waals surface area contributed by atoms with Gasteiger partial charge in [-0.1, -0.05) is 158 Å². The molecule has 0 aliphatic heterocycles. The Hall–Kier alpha value is -7.10. The molecule has 0 aliphatic rings. The standard InChI is InChI=1S/C50H30N2O/c1-2-13-35(14-3-1)50-51-44(30-45(52-50)47-39-17-8-6-15-36(39)29-43-37-16-7-4-11-31(37)25-27-41(43)47)34-23-21-33(22-24-34)38-19-10-20-46-48(38)42-28-26-32-12-5-9-18-40(32)49(42)53-46/h1-30H. The van der Waals surface area contributed by atoms with Gasteiger partial charge in [-0.25, -0.2) is 9.97 Å². The van der Waals surface area contributed by atoms with Gasteiger partial charge in [0.2, 0.25) is 0 Å². The molecule has 2 heterocycles. The Morgan fingerprint density at radius 2 is 1.00 bits per heavy atom. The van der Waals surface area contributed by atoms with Crippen LogP contribution in [0.4, 0.5) is 0 Å². The lowest BCUT2D eigenvalue weighted by molar-refractivity contribution is 0.673. The number of aromatic nitrogens is 2. The molecule has 3 nitrogen and oxygen atoms in total. The molecular weight excluding hydrogens is 645 g/mol. The van der Waals surface area contributed by atoms with Gasteiger partial charge in [0.15, 0.2) is 5.82 Å². The van der Waals surface area contributed by atoms with Gasteiger partial charge < -0.3 is 4.42 Å². The second-order valence-electron chi connectivity index (χ2n) is 13.7. The summed E-state index contributed by atoms with van der Waals surface area (Å²) in [6.07, 6.45) is 0. The van der Waals surface area contributed by atoms with E-state index in [1.807, 2.05) is 18.2 Å². The summed E-state index contributed by atoms with van der Waals surface area (Å²) in [6.45, 7) is 0. The fraction of sp³-hybridized carbons (Fsp3) is 0. The van der Waals surface area contributed by atoms with Gasteiger partial charge in [0.1, 0.15) is 11.2 Å². The minimum absolute atomic E-state index is 0.700. The molecule has 0 amide bonds. The summed E-state index contributed by atoms with van der Waals surface area (Å²) in [5.41, 5.74) is 8.99. The van der Waals surface area contributed by atoms with E-state index in [2.05, 4.69) is 164 Å². The van der Waals surface area contributed by atoms with Crippen molar-refractivity contribution in [2.24, 2.45) is 0 Å². The lowest BCUT2D eigenvalue weighted by Crippen LogP contribution is -1.97. The fourth-order valence-electron chi connectivity index (χ4n) is 8.15. The molecule has 0 fully saturated rings. The number of furan rings is 1. The summed E-state index contributed by atoms with van der Waals surface area (Å²) in [6, 6.07) is 64.4. The van der Waals surface area contributed by atoms with Crippen LogP contribution < -0.4 is 0 Å². The number of nitrogens with zero attached hydrogens (tertiary/aromatic N) is 2. The van der Waals surface area contributed by atoms with Crippen LogP contribution in [-0.2, 0) is 0 Å². The second-order valence-corrected chi connectivity index (χ2v) is 13.7. The molecule has 2 aromatic heterocycles. The van der Waals surface area contributed by atoms with Crippen molar-refractivity contribution < 1.29 is 4.42 Å². The zero-order chi connectivity index (χ0) is 34.9. The van der Waals surface area contributed by atoms with E-state index in [1.165, 1.54) is 37.7 Å². The van der Waals surface area contributed by atoms with E-state index >= 15 is 0 Å².